The molecule has 13 heteroatoms. The molecule has 0 atom stereocenters. The summed E-state index contributed by atoms with van der Waals surface area (Å²) in [7, 11) is -4.03. The van der Waals surface area contributed by atoms with Crippen LogP contribution in [0.25, 0.3) is 0 Å². The van der Waals surface area contributed by atoms with E-state index in [1.807, 2.05) is 17.7 Å². The smallest absolute Gasteiger partial charge is 0.421 e. The highest BCUT2D eigenvalue weighted by atomic mass is 35.5. The van der Waals surface area contributed by atoms with Gasteiger partial charge in [0.1, 0.15) is 12.1 Å². The molecule has 160 valence electrons. The summed E-state index contributed by atoms with van der Waals surface area (Å²) in [6.45, 7) is 4.97. The second-order valence-corrected chi connectivity index (χ2v) is 8.62. The monoisotopic (exact) mass is 453 g/mol. The first-order valence-electron chi connectivity index (χ1n) is 8.62. The van der Waals surface area contributed by atoms with Crippen LogP contribution >= 0.6 is 11.6 Å². The van der Waals surface area contributed by atoms with Crippen molar-refractivity contribution in [2.45, 2.75) is 31.2 Å². The number of amides is 1. The average molecular weight is 454 g/mol. The van der Waals surface area contributed by atoms with Gasteiger partial charge in [-0.3, -0.25) is 0 Å². The summed E-state index contributed by atoms with van der Waals surface area (Å²) in [5.41, 5.74) is -0.0397. The molecule has 0 aliphatic heterocycles. The van der Waals surface area contributed by atoms with Crippen LogP contribution in [-0.2, 0) is 14.8 Å². The summed E-state index contributed by atoms with van der Waals surface area (Å²) in [6, 6.07) is 8.04. The first-order valence-corrected chi connectivity index (χ1v) is 10.5. The van der Waals surface area contributed by atoms with Crippen molar-refractivity contribution in [2.24, 2.45) is 0 Å². The molecule has 11 nitrogen and oxygen atoms in total. The third-order valence-electron chi connectivity index (χ3n) is 3.48. The Kier molecular flexibility index (Phi) is 7.36. The van der Waals surface area contributed by atoms with E-state index in [1.165, 1.54) is 12.1 Å². The van der Waals surface area contributed by atoms with E-state index in [1.54, 1.807) is 26.0 Å². The first kappa shape index (κ1) is 23.1. The largest absolute Gasteiger partial charge is 0.447 e. The fourth-order valence-corrected chi connectivity index (χ4v) is 3.07. The number of halogens is 1. The summed E-state index contributed by atoms with van der Waals surface area (Å²) in [4.78, 5) is 23.5. The number of aryl methyl sites for hydroxylation is 1. The molecule has 3 N–H and O–H groups in total. The lowest BCUT2D eigenvalue weighted by molar-refractivity contribution is 0.157. The van der Waals surface area contributed by atoms with E-state index >= 15 is 0 Å². The molecule has 0 fully saturated rings. The van der Waals surface area contributed by atoms with Gasteiger partial charge in [0.25, 0.3) is 10.0 Å². The van der Waals surface area contributed by atoms with Crippen LogP contribution in [0.4, 0.5) is 16.7 Å². The van der Waals surface area contributed by atoms with Crippen LogP contribution in [0, 0.1) is 18.3 Å². The maximum Gasteiger partial charge on any atom is 0.421 e. The number of hydrogen-bond donors (Lipinski definition) is 3. The SMILES string of the molecule is Cc1ccc(S(=O)(=O)NC(=O)OCCNc2nc(Cl)nc(NC(C)(C)C#N)n2)cc1. The summed E-state index contributed by atoms with van der Waals surface area (Å²) >= 11 is 5.84. The van der Waals surface area contributed by atoms with E-state index in [0.717, 1.165) is 5.56 Å². The van der Waals surface area contributed by atoms with Crippen molar-refractivity contribution in [3.05, 3.63) is 35.1 Å². The molecule has 2 aromatic rings. The number of ether oxygens (including phenoxy) is 1. The molecule has 30 heavy (non-hydrogen) atoms. The molecule has 2 rings (SSSR count). The van der Waals surface area contributed by atoms with Gasteiger partial charge >= 0.3 is 6.09 Å². The Hall–Kier alpha value is -3.17. The van der Waals surface area contributed by atoms with Crippen LogP contribution in [-0.4, -0.2) is 48.2 Å². The molecular formula is C17H20ClN7O4S. The molecule has 1 heterocycles. The number of carbonyl (C=O) groups excluding carboxylic acids is 1. The second-order valence-electron chi connectivity index (χ2n) is 6.59. The molecule has 0 radical (unpaired) electrons. The number of hydrogen-bond acceptors (Lipinski definition) is 10. The van der Waals surface area contributed by atoms with Crippen LogP contribution in [0.2, 0.25) is 5.28 Å². The minimum atomic E-state index is -4.03. The third kappa shape index (κ3) is 7.02. The molecule has 1 aromatic heterocycles. The highest BCUT2D eigenvalue weighted by molar-refractivity contribution is 7.90. The van der Waals surface area contributed by atoms with E-state index in [9.17, 15) is 13.2 Å². The fraction of sp³-hybridized carbons (Fsp3) is 0.353. The van der Waals surface area contributed by atoms with Gasteiger partial charge in [0.15, 0.2) is 0 Å². The van der Waals surface area contributed by atoms with Gasteiger partial charge in [0, 0.05) is 0 Å². The van der Waals surface area contributed by atoms with Crippen molar-refractivity contribution >= 4 is 39.6 Å². The number of rotatable bonds is 8. The number of benzene rings is 1. The number of carbonyl (C=O) groups is 1. The Labute approximate surface area is 178 Å². The predicted octanol–water partition coefficient (Wildman–Crippen LogP) is 2.07. The van der Waals surface area contributed by atoms with Gasteiger partial charge in [-0.05, 0) is 44.5 Å². The van der Waals surface area contributed by atoms with Crippen molar-refractivity contribution in [3.8, 4) is 6.07 Å². The summed E-state index contributed by atoms with van der Waals surface area (Å²) in [6.07, 6.45) is -1.12. The van der Waals surface area contributed by atoms with E-state index in [2.05, 4.69) is 25.6 Å². The van der Waals surface area contributed by atoms with Crippen LogP contribution in [0.15, 0.2) is 29.2 Å². The number of nitrogens with one attached hydrogen (secondary N) is 3. The Morgan fingerprint density at radius 2 is 1.83 bits per heavy atom. The zero-order chi connectivity index (χ0) is 22.4. The lowest BCUT2D eigenvalue weighted by Crippen LogP contribution is -2.32. The van der Waals surface area contributed by atoms with E-state index in [0.29, 0.717) is 0 Å². The normalized spacial score (nSPS) is 11.3. The molecule has 1 amide bonds. The number of sulfonamides is 1. The van der Waals surface area contributed by atoms with Crippen LogP contribution in [0.1, 0.15) is 19.4 Å². The van der Waals surface area contributed by atoms with E-state index in [4.69, 9.17) is 21.6 Å². The van der Waals surface area contributed by atoms with Gasteiger partial charge in [-0.25, -0.2) is 17.9 Å². The van der Waals surface area contributed by atoms with Gasteiger partial charge in [-0.15, -0.1) is 0 Å². The highest BCUT2D eigenvalue weighted by Gasteiger charge is 2.19. The summed E-state index contributed by atoms with van der Waals surface area (Å²) in [5.74, 6) is 0.175. The van der Waals surface area contributed by atoms with Gasteiger partial charge in [0.05, 0.1) is 17.5 Å². The quantitative estimate of drug-likeness (QED) is 0.505. The minimum absolute atomic E-state index is 0.0525. The maximum absolute atomic E-state index is 12.1. The number of nitrogens with zero attached hydrogens (tertiary/aromatic N) is 4. The topological polar surface area (TPSA) is 159 Å². The lowest BCUT2D eigenvalue weighted by Gasteiger charge is -2.17. The molecule has 0 aliphatic rings. The predicted molar refractivity (Wildman–Crippen MR) is 109 cm³/mol. The van der Waals surface area contributed by atoms with Gasteiger partial charge in [-0.2, -0.15) is 20.2 Å². The standard InChI is InChI=1S/C17H20ClN7O4S/c1-11-4-6-12(7-5-11)30(27,28)25-16(26)29-9-8-20-14-21-13(18)22-15(23-14)24-17(2,3)10-19/h4-7H,8-9H2,1-3H3,(H,25,26)(H2,20,21,22,23,24). The Balaban J connectivity index is 1.86. The van der Waals surface area contributed by atoms with E-state index in [-0.39, 0.29) is 35.2 Å². The van der Waals surface area contributed by atoms with Gasteiger partial charge < -0.3 is 15.4 Å². The zero-order valence-corrected chi connectivity index (χ0v) is 18.0. The number of aromatic nitrogens is 3. The molecule has 0 aliphatic carbocycles. The lowest BCUT2D eigenvalue weighted by atomic mass is 10.1. The molecule has 0 spiro atoms. The van der Waals surface area contributed by atoms with Crippen molar-refractivity contribution in [1.82, 2.24) is 19.7 Å². The molecular weight excluding hydrogens is 434 g/mol. The van der Waals surface area contributed by atoms with Crippen LogP contribution < -0.4 is 15.4 Å². The highest BCUT2D eigenvalue weighted by Crippen LogP contribution is 2.14. The third-order valence-corrected chi connectivity index (χ3v) is 4.98. The molecule has 0 unspecified atom stereocenters. The van der Waals surface area contributed by atoms with Gasteiger partial charge in [0.2, 0.25) is 17.2 Å². The molecule has 0 saturated carbocycles. The van der Waals surface area contributed by atoms with Crippen molar-refractivity contribution in [2.75, 3.05) is 23.8 Å². The number of anilines is 2. The molecule has 1 aromatic carbocycles. The molecule has 0 bridgehead atoms. The Bertz CT molecular complexity index is 1050. The minimum Gasteiger partial charge on any atom is -0.447 e. The second kappa shape index (κ2) is 9.55. The van der Waals surface area contributed by atoms with Crippen molar-refractivity contribution < 1.29 is 17.9 Å². The van der Waals surface area contributed by atoms with Crippen LogP contribution in [0.5, 0.6) is 0 Å². The average Bonchev–Trinajstić information content (AvgIpc) is 2.64. The van der Waals surface area contributed by atoms with Crippen molar-refractivity contribution in [3.63, 3.8) is 0 Å². The maximum atomic E-state index is 12.1. The van der Waals surface area contributed by atoms with Gasteiger partial charge in [-0.1, -0.05) is 17.7 Å². The van der Waals surface area contributed by atoms with Crippen LogP contribution in [0.3, 0.4) is 0 Å². The summed E-state index contributed by atoms with van der Waals surface area (Å²) in [5, 5.41) is 14.5. The van der Waals surface area contributed by atoms with E-state index < -0.39 is 21.7 Å². The Morgan fingerprint density at radius 3 is 2.47 bits per heavy atom. The summed E-state index contributed by atoms with van der Waals surface area (Å²) < 4.78 is 30.9. The first-order chi connectivity index (χ1) is 14.0. The van der Waals surface area contributed by atoms with Crippen molar-refractivity contribution in [1.29, 1.82) is 5.26 Å². The number of nitriles is 1. The molecule has 0 saturated heterocycles. The zero-order valence-electron chi connectivity index (χ0n) is 16.4. The fourth-order valence-electron chi connectivity index (χ4n) is 2.01. The Morgan fingerprint density at radius 1 is 1.20 bits per heavy atom.